The first kappa shape index (κ1) is 11.1. The van der Waals surface area contributed by atoms with Crippen LogP contribution in [0.4, 0.5) is 0 Å². The lowest BCUT2D eigenvalue weighted by Crippen LogP contribution is -2.26. The van der Waals surface area contributed by atoms with E-state index in [1.54, 1.807) is 0 Å². The summed E-state index contributed by atoms with van der Waals surface area (Å²) in [6.45, 7) is 0.361. The SMILES string of the molecule is O=C(NCCc1ncon1)c1ccncc1O. The van der Waals surface area contributed by atoms with E-state index in [0.29, 0.717) is 18.8 Å². The first-order chi connectivity index (χ1) is 8.27. The van der Waals surface area contributed by atoms with Crippen molar-refractivity contribution in [2.24, 2.45) is 0 Å². The number of pyridine rings is 1. The van der Waals surface area contributed by atoms with Crippen molar-refractivity contribution in [3.63, 3.8) is 0 Å². The van der Waals surface area contributed by atoms with E-state index in [0.717, 1.165) is 0 Å². The fourth-order valence-electron chi connectivity index (χ4n) is 1.26. The molecule has 0 saturated heterocycles. The minimum atomic E-state index is -0.367. The molecule has 7 nitrogen and oxygen atoms in total. The summed E-state index contributed by atoms with van der Waals surface area (Å²) in [5.41, 5.74) is 0.188. The molecule has 0 aliphatic heterocycles. The molecule has 0 aromatic carbocycles. The molecule has 0 radical (unpaired) electrons. The second-order valence-electron chi connectivity index (χ2n) is 3.25. The van der Waals surface area contributed by atoms with Gasteiger partial charge in [0.2, 0.25) is 6.39 Å². The number of hydrogen-bond acceptors (Lipinski definition) is 6. The summed E-state index contributed by atoms with van der Waals surface area (Å²) in [4.78, 5) is 19.1. The van der Waals surface area contributed by atoms with E-state index in [1.807, 2.05) is 0 Å². The predicted octanol–water partition coefficient (Wildman–Crippen LogP) is 0.143. The van der Waals surface area contributed by atoms with Crippen LogP contribution in [0.5, 0.6) is 5.75 Å². The molecule has 0 unspecified atom stereocenters. The maximum atomic E-state index is 11.6. The van der Waals surface area contributed by atoms with E-state index in [2.05, 4.69) is 25.0 Å². The summed E-state index contributed by atoms with van der Waals surface area (Å²) in [5, 5.41) is 15.6. The number of aromatic hydroxyl groups is 1. The molecule has 17 heavy (non-hydrogen) atoms. The smallest absolute Gasteiger partial charge is 0.255 e. The van der Waals surface area contributed by atoms with Gasteiger partial charge in [0.25, 0.3) is 5.91 Å². The van der Waals surface area contributed by atoms with Crippen molar-refractivity contribution in [3.8, 4) is 5.75 Å². The van der Waals surface area contributed by atoms with E-state index in [9.17, 15) is 9.90 Å². The van der Waals surface area contributed by atoms with Crippen molar-refractivity contribution in [2.75, 3.05) is 6.54 Å². The highest BCUT2D eigenvalue weighted by Gasteiger charge is 2.10. The lowest BCUT2D eigenvalue weighted by atomic mass is 10.2. The Morgan fingerprint density at radius 2 is 2.41 bits per heavy atom. The van der Waals surface area contributed by atoms with Gasteiger partial charge in [0, 0.05) is 19.2 Å². The Hall–Kier alpha value is -2.44. The summed E-state index contributed by atoms with van der Waals surface area (Å²) in [7, 11) is 0. The number of nitrogens with one attached hydrogen (secondary N) is 1. The van der Waals surface area contributed by atoms with Gasteiger partial charge in [0.1, 0.15) is 5.75 Å². The molecule has 0 bridgehead atoms. The Morgan fingerprint density at radius 1 is 1.53 bits per heavy atom. The fourth-order valence-corrected chi connectivity index (χ4v) is 1.26. The maximum Gasteiger partial charge on any atom is 0.255 e. The molecule has 0 saturated carbocycles. The normalized spacial score (nSPS) is 10.1. The van der Waals surface area contributed by atoms with Crippen LogP contribution in [-0.2, 0) is 6.42 Å². The third-order valence-corrected chi connectivity index (χ3v) is 2.09. The average Bonchev–Trinajstić information content (AvgIpc) is 2.82. The molecule has 2 N–H and O–H groups in total. The molecule has 0 aliphatic rings. The summed E-state index contributed by atoms with van der Waals surface area (Å²) in [6.07, 6.45) is 4.35. The van der Waals surface area contributed by atoms with Crippen LogP contribution >= 0.6 is 0 Å². The number of nitrogens with zero attached hydrogens (tertiary/aromatic N) is 3. The predicted molar refractivity (Wildman–Crippen MR) is 56.2 cm³/mol. The molecule has 7 heteroatoms. The van der Waals surface area contributed by atoms with Crippen LogP contribution in [0.3, 0.4) is 0 Å². The number of rotatable bonds is 4. The van der Waals surface area contributed by atoms with Crippen molar-refractivity contribution in [1.29, 1.82) is 0 Å². The highest BCUT2D eigenvalue weighted by Crippen LogP contribution is 2.13. The van der Waals surface area contributed by atoms with Crippen LogP contribution in [0.1, 0.15) is 16.2 Å². The zero-order chi connectivity index (χ0) is 12.1. The Bertz CT molecular complexity index is 498. The molecular formula is C10H10N4O3. The van der Waals surface area contributed by atoms with E-state index < -0.39 is 0 Å². The quantitative estimate of drug-likeness (QED) is 0.780. The van der Waals surface area contributed by atoms with Crippen LogP contribution in [0.2, 0.25) is 0 Å². The number of hydrogen-bond donors (Lipinski definition) is 2. The van der Waals surface area contributed by atoms with Crippen molar-refractivity contribution >= 4 is 5.91 Å². The molecular weight excluding hydrogens is 224 g/mol. The molecule has 0 spiro atoms. The molecule has 88 valence electrons. The Morgan fingerprint density at radius 3 is 3.12 bits per heavy atom. The van der Waals surface area contributed by atoms with Gasteiger partial charge in [-0.05, 0) is 6.07 Å². The van der Waals surface area contributed by atoms with Crippen LogP contribution in [0.15, 0.2) is 29.4 Å². The molecule has 2 rings (SSSR count). The average molecular weight is 234 g/mol. The van der Waals surface area contributed by atoms with Gasteiger partial charge >= 0.3 is 0 Å². The van der Waals surface area contributed by atoms with Gasteiger partial charge in [0.15, 0.2) is 5.82 Å². The lowest BCUT2D eigenvalue weighted by Gasteiger charge is -2.04. The Kier molecular flexibility index (Phi) is 3.29. The molecule has 1 amide bonds. The van der Waals surface area contributed by atoms with Gasteiger partial charge in [0.05, 0.1) is 11.8 Å². The van der Waals surface area contributed by atoms with Gasteiger partial charge in [-0.25, -0.2) is 0 Å². The van der Waals surface area contributed by atoms with Gasteiger partial charge in [-0.1, -0.05) is 5.16 Å². The molecule has 2 aromatic rings. The highest BCUT2D eigenvalue weighted by molar-refractivity contribution is 5.96. The molecule has 0 atom stereocenters. The summed E-state index contributed by atoms with van der Waals surface area (Å²) in [5.74, 6) is 0.00204. The van der Waals surface area contributed by atoms with Crippen molar-refractivity contribution in [3.05, 3.63) is 36.2 Å². The Labute approximate surface area is 96.5 Å². The van der Waals surface area contributed by atoms with Crippen LogP contribution < -0.4 is 5.32 Å². The molecule has 2 heterocycles. The number of carbonyl (C=O) groups is 1. The fraction of sp³-hybridized carbons (Fsp3) is 0.200. The van der Waals surface area contributed by atoms with Crippen LogP contribution in [0.25, 0.3) is 0 Å². The van der Waals surface area contributed by atoms with E-state index in [4.69, 9.17) is 0 Å². The second-order valence-corrected chi connectivity index (χ2v) is 3.25. The summed E-state index contributed by atoms with van der Waals surface area (Å²) >= 11 is 0. The minimum absolute atomic E-state index is 0.149. The van der Waals surface area contributed by atoms with Crippen molar-refractivity contribution < 1.29 is 14.4 Å². The zero-order valence-electron chi connectivity index (χ0n) is 8.83. The van der Waals surface area contributed by atoms with Gasteiger partial charge < -0.3 is 14.9 Å². The van der Waals surface area contributed by atoms with Crippen molar-refractivity contribution in [2.45, 2.75) is 6.42 Å². The topological polar surface area (TPSA) is 101 Å². The number of carbonyl (C=O) groups excluding carboxylic acids is 1. The number of aromatic nitrogens is 3. The summed E-state index contributed by atoms with van der Waals surface area (Å²) < 4.78 is 4.55. The van der Waals surface area contributed by atoms with Crippen LogP contribution in [0, 0.1) is 0 Å². The molecule has 0 fully saturated rings. The monoisotopic (exact) mass is 234 g/mol. The van der Waals surface area contributed by atoms with Crippen LogP contribution in [-0.4, -0.2) is 32.7 Å². The maximum absolute atomic E-state index is 11.6. The van der Waals surface area contributed by atoms with Gasteiger partial charge in [-0.15, -0.1) is 0 Å². The van der Waals surface area contributed by atoms with Gasteiger partial charge in [-0.2, -0.15) is 4.98 Å². The number of amides is 1. The minimum Gasteiger partial charge on any atom is -0.505 e. The van der Waals surface area contributed by atoms with E-state index in [1.165, 1.54) is 24.9 Å². The molecule has 0 aliphatic carbocycles. The second kappa shape index (κ2) is 5.06. The lowest BCUT2D eigenvalue weighted by molar-refractivity contribution is 0.0951. The third kappa shape index (κ3) is 2.77. The molecule has 2 aromatic heterocycles. The largest absolute Gasteiger partial charge is 0.505 e. The Balaban J connectivity index is 1.88. The van der Waals surface area contributed by atoms with Gasteiger partial charge in [-0.3, -0.25) is 9.78 Å². The van der Waals surface area contributed by atoms with Crippen molar-refractivity contribution in [1.82, 2.24) is 20.4 Å². The zero-order valence-corrected chi connectivity index (χ0v) is 8.83. The standard InChI is InChI=1S/C10H10N4O3/c15-8-5-11-3-1-7(8)10(16)12-4-2-9-13-6-17-14-9/h1,3,5-6,15H,2,4H2,(H,12,16). The first-order valence-electron chi connectivity index (χ1n) is 4.94. The van der Waals surface area contributed by atoms with E-state index in [-0.39, 0.29) is 17.2 Å². The highest BCUT2D eigenvalue weighted by atomic mass is 16.5. The third-order valence-electron chi connectivity index (χ3n) is 2.09. The first-order valence-corrected chi connectivity index (χ1v) is 4.94. The summed E-state index contributed by atoms with van der Waals surface area (Å²) in [6, 6.07) is 1.44. The van der Waals surface area contributed by atoms with E-state index >= 15 is 0 Å².